The minimum absolute atomic E-state index is 0.285. The van der Waals surface area contributed by atoms with Crippen molar-refractivity contribution in [3.05, 3.63) is 0 Å². The summed E-state index contributed by atoms with van der Waals surface area (Å²) >= 11 is 0. The Morgan fingerprint density at radius 2 is 1.75 bits per heavy atom. The van der Waals surface area contributed by atoms with Gasteiger partial charge < -0.3 is 0 Å². The summed E-state index contributed by atoms with van der Waals surface area (Å²) in [4.78, 5) is 16.8. The molecule has 0 aromatic heterocycles. The van der Waals surface area contributed by atoms with Crippen LogP contribution in [0.15, 0.2) is 0 Å². The molecule has 0 aromatic carbocycles. The van der Waals surface area contributed by atoms with E-state index in [4.69, 9.17) is 0 Å². The van der Waals surface area contributed by atoms with Crippen LogP contribution in [-0.2, 0) is 4.79 Å². The van der Waals surface area contributed by atoms with Gasteiger partial charge in [0.2, 0.25) is 0 Å². The van der Waals surface area contributed by atoms with Crippen molar-refractivity contribution >= 4 is 5.78 Å². The minimum atomic E-state index is 0.285. The number of carbonyl (C=O) groups excluding carboxylic acids is 1. The number of ketones is 1. The zero-order chi connectivity index (χ0) is 11.0. The van der Waals surface area contributed by atoms with Gasteiger partial charge >= 0.3 is 0 Å². The van der Waals surface area contributed by atoms with Crippen molar-refractivity contribution in [1.29, 1.82) is 0 Å². The molecule has 0 radical (unpaired) electrons. The lowest BCUT2D eigenvalue weighted by atomic mass is 10.2. The van der Waals surface area contributed by atoms with Crippen LogP contribution in [0.4, 0.5) is 0 Å². The fourth-order valence-corrected chi connectivity index (χ4v) is 3.64. The lowest BCUT2D eigenvalue weighted by molar-refractivity contribution is -0.121. The quantitative estimate of drug-likeness (QED) is 0.703. The summed E-state index contributed by atoms with van der Waals surface area (Å²) in [7, 11) is 0. The fourth-order valence-electron chi connectivity index (χ4n) is 3.64. The maximum Gasteiger partial charge on any atom is 0.149 e. The van der Waals surface area contributed by atoms with Crippen LogP contribution in [0.3, 0.4) is 0 Å². The summed E-state index contributed by atoms with van der Waals surface area (Å²) in [6, 6.07) is 1.03. The van der Waals surface area contributed by atoms with E-state index in [9.17, 15) is 4.79 Å². The molecular formula is C13H22N2O. The van der Waals surface area contributed by atoms with Crippen molar-refractivity contribution < 1.29 is 4.79 Å². The summed E-state index contributed by atoms with van der Waals surface area (Å²) in [5.74, 6) is 0.502. The predicted octanol–water partition coefficient (Wildman–Crippen LogP) is 1.28. The first-order valence-electron chi connectivity index (χ1n) is 6.85. The molecule has 2 heterocycles. The summed E-state index contributed by atoms with van der Waals surface area (Å²) in [6.07, 6.45) is 7.09. The number of rotatable bonds is 2. The van der Waals surface area contributed by atoms with Gasteiger partial charge in [0.25, 0.3) is 0 Å². The molecule has 16 heavy (non-hydrogen) atoms. The van der Waals surface area contributed by atoms with E-state index in [1.807, 2.05) is 0 Å². The second-order valence-corrected chi connectivity index (χ2v) is 5.55. The van der Waals surface area contributed by atoms with Crippen molar-refractivity contribution in [2.75, 3.05) is 26.2 Å². The van der Waals surface area contributed by atoms with Gasteiger partial charge in [-0.3, -0.25) is 14.6 Å². The van der Waals surface area contributed by atoms with Gasteiger partial charge in [-0.15, -0.1) is 0 Å². The maximum absolute atomic E-state index is 11.7. The molecule has 3 rings (SSSR count). The van der Waals surface area contributed by atoms with E-state index in [0.29, 0.717) is 5.78 Å². The van der Waals surface area contributed by atoms with Crippen molar-refractivity contribution in [2.24, 2.45) is 0 Å². The number of Topliss-reactive ketones (excluding diaryl/α,β-unsaturated/α-hetero) is 1. The lowest BCUT2D eigenvalue weighted by Crippen LogP contribution is -2.40. The van der Waals surface area contributed by atoms with Gasteiger partial charge in [-0.05, 0) is 45.2 Å². The molecule has 2 aliphatic heterocycles. The lowest BCUT2D eigenvalue weighted by Gasteiger charge is -2.26. The average molecular weight is 222 g/mol. The molecule has 1 saturated carbocycles. The molecule has 3 heteroatoms. The van der Waals surface area contributed by atoms with E-state index >= 15 is 0 Å². The third-order valence-corrected chi connectivity index (χ3v) is 4.57. The Morgan fingerprint density at radius 1 is 0.938 bits per heavy atom. The van der Waals surface area contributed by atoms with E-state index in [0.717, 1.165) is 38.4 Å². The molecule has 3 fully saturated rings. The van der Waals surface area contributed by atoms with Crippen LogP contribution in [0.5, 0.6) is 0 Å². The second-order valence-electron chi connectivity index (χ2n) is 5.55. The van der Waals surface area contributed by atoms with Gasteiger partial charge in [0.1, 0.15) is 5.78 Å². The summed E-state index contributed by atoms with van der Waals surface area (Å²) in [5.41, 5.74) is 0. The Labute approximate surface area is 97.8 Å². The van der Waals surface area contributed by atoms with E-state index in [2.05, 4.69) is 9.80 Å². The van der Waals surface area contributed by atoms with Gasteiger partial charge in [0.05, 0.1) is 6.04 Å². The van der Waals surface area contributed by atoms with E-state index < -0.39 is 0 Å². The van der Waals surface area contributed by atoms with E-state index in [1.54, 1.807) is 0 Å². The van der Waals surface area contributed by atoms with Crippen LogP contribution in [-0.4, -0.2) is 53.8 Å². The van der Waals surface area contributed by atoms with E-state index in [1.165, 1.54) is 32.4 Å². The summed E-state index contributed by atoms with van der Waals surface area (Å²) in [6.45, 7) is 4.88. The van der Waals surface area contributed by atoms with Gasteiger partial charge in [-0.25, -0.2) is 0 Å². The smallest absolute Gasteiger partial charge is 0.149 e. The van der Waals surface area contributed by atoms with Gasteiger partial charge in [-0.2, -0.15) is 0 Å². The summed E-state index contributed by atoms with van der Waals surface area (Å²) < 4.78 is 0. The zero-order valence-corrected chi connectivity index (χ0v) is 10.0. The Hall–Kier alpha value is -0.410. The standard InChI is InChI=1S/C13H22N2O/c16-13-5-3-4-12(13)15-9-6-11(10-15)14-7-1-2-8-14/h11-12H,1-10H2. The molecule has 3 aliphatic rings. The van der Waals surface area contributed by atoms with Crippen LogP contribution >= 0.6 is 0 Å². The Kier molecular flexibility index (Phi) is 2.99. The summed E-state index contributed by atoms with van der Waals surface area (Å²) in [5, 5.41) is 0. The molecule has 0 N–H and O–H groups in total. The first kappa shape index (κ1) is 10.7. The fraction of sp³-hybridized carbons (Fsp3) is 0.923. The molecule has 0 aromatic rings. The first-order valence-corrected chi connectivity index (χ1v) is 6.85. The van der Waals surface area contributed by atoms with Crippen molar-refractivity contribution in [3.63, 3.8) is 0 Å². The molecular weight excluding hydrogens is 200 g/mol. The van der Waals surface area contributed by atoms with Crippen molar-refractivity contribution in [2.45, 2.75) is 50.6 Å². The monoisotopic (exact) mass is 222 g/mol. The van der Waals surface area contributed by atoms with Crippen LogP contribution in [0.2, 0.25) is 0 Å². The molecule has 2 saturated heterocycles. The molecule has 2 unspecified atom stereocenters. The molecule has 2 atom stereocenters. The molecule has 1 aliphatic carbocycles. The highest BCUT2D eigenvalue weighted by atomic mass is 16.1. The topological polar surface area (TPSA) is 23.6 Å². The van der Waals surface area contributed by atoms with Gasteiger partial charge in [-0.1, -0.05) is 0 Å². The van der Waals surface area contributed by atoms with E-state index in [-0.39, 0.29) is 6.04 Å². The van der Waals surface area contributed by atoms with Crippen molar-refractivity contribution in [3.8, 4) is 0 Å². The predicted molar refractivity (Wildman–Crippen MR) is 63.4 cm³/mol. The number of nitrogens with zero attached hydrogens (tertiary/aromatic N) is 2. The Balaban J connectivity index is 1.57. The third-order valence-electron chi connectivity index (χ3n) is 4.57. The normalized spacial score (nSPS) is 37.6. The molecule has 3 nitrogen and oxygen atoms in total. The van der Waals surface area contributed by atoms with Crippen molar-refractivity contribution in [1.82, 2.24) is 9.80 Å². The molecule has 90 valence electrons. The number of carbonyl (C=O) groups is 1. The largest absolute Gasteiger partial charge is 0.299 e. The maximum atomic E-state index is 11.7. The molecule has 0 spiro atoms. The Morgan fingerprint density at radius 3 is 2.44 bits per heavy atom. The highest BCUT2D eigenvalue weighted by Gasteiger charge is 2.36. The van der Waals surface area contributed by atoms with Gasteiger partial charge in [0.15, 0.2) is 0 Å². The minimum Gasteiger partial charge on any atom is -0.299 e. The van der Waals surface area contributed by atoms with Crippen LogP contribution in [0.25, 0.3) is 0 Å². The number of hydrogen-bond acceptors (Lipinski definition) is 3. The average Bonchev–Trinajstić information content (AvgIpc) is 2.96. The first-order chi connectivity index (χ1) is 7.84. The molecule has 0 amide bonds. The third kappa shape index (κ3) is 1.91. The van der Waals surface area contributed by atoms with Crippen LogP contribution < -0.4 is 0 Å². The second kappa shape index (κ2) is 4.46. The highest BCUT2D eigenvalue weighted by molar-refractivity contribution is 5.85. The number of hydrogen-bond donors (Lipinski definition) is 0. The molecule has 0 bridgehead atoms. The zero-order valence-electron chi connectivity index (χ0n) is 10.0. The highest BCUT2D eigenvalue weighted by Crippen LogP contribution is 2.27. The SMILES string of the molecule is O=C1CCCC1N1CCC(N2CCCC2)C1. The Bertz CT molecular complexity index is 273. The van der Waals surface area contributed by atoms with Gasteiger partial charge in [0, 0.05) is 25.6 Å². The van der Waals surface area contributed by atoms with Crippen LogP contribution in [0, 0.1) is 0 Å². The van der Waals surface area contributed by atoms with Crippen LogP contribution in [0.1, 0.15) is 38.5 Å². The number of likely N-dealkylation sites (tertiary alicyclic amines) is 2.